The summed E-state index contributed by atoms with van der Waals surface area (Å²) in [7, 11) is 0. The molecular weight excluding hydrogens is 182 g/mol. The van der Waals surface area contributed by atoms with E-state index in [0.29, 0.717) is 0 Å². The van der Waals surface area contributed by atoms with E-state index < -0.39 is 12.0 Å². The maximum atomic E-state index is 11.3. The molecule has 0 aromatic heterocycles. The van der Waals surface area contributed by atoms with Gasteiger partial charge in [0.1, 0.15) is 6.04 Å². The van der Waals surface area contributed by atoms with Crippen LogP contribution in [-0.2, 0) is 9.59 Å². The number of aliphatic carboxylic acids is 1. The second-order valence-corrected chi connectivity index (χ2v) is 4.18. The molecule has 1 aliphatic carbocycles. The average Bonchev–Trinajstić information content (AvgIpc) is 2.79. The van der Waals surface area contributed by atoms with Crippen molar-refractivity contribution in [1.29, 1.82) is 0 Å². The van der Waals surface area contributed by atoms with Crippen LogP contribution >= 0.6 is 0 Å². The van der Waals surface area contributed by atoms with Crippen molar-refractivity contribution >= 4 is 11.9 Å². The molecule has 0 aromatic rings. The van der Waals surface area contributed by atoms with Gasteiger partial charge in [0.25, 0.3) is 0 Å². The quantitative estimate of drug-likeness (QED) is 0.737. The van der Waals surface area contributed by atoms with E-state index in [0.717, 1.165) is 12.8 Å². The summed E-state index contributed by atoms with van der Waals surface area (Å²) in [5.74, 6) is -1.08. The van der Waals surface area contributed by atoms with E-state index in [4.69, 9.17) is 5.11 Å². The number of carbonyl (C=O) groups is 2. The van der Waals surface area contributed by atoms with Gasteiger partial charge in [-0.05, 0) is 18.8 Å². The second-order valence-electron chi connectivity index (χ2n) is 4.18. The van der Waals surface area contributed by atoms with Gasteiger partial charge in [-0.1, -0.05) is 13.8 Å². The third kappa shape index (κ3) is 2.25. The molecule has 14 heavy (non-hydrogen) atoms. The summed E-state index contributed by atoms with van der Waals surface area (Å²) in [6, 6.07) is -0.504. The lowest BCUT2D eigenvalue weighted by atomic mass is 10.0. The highest BCUT2D eigenvalue weighted by atomic mass is 16.4. The smallest absolute Gasteiger partial charge is 0.326 e. The number of hydrogen-bond donors (Lipinski definition) is 1. The minimum Gasteiger partial charge on any atom is -0.480 e. The summed E-state index contributed by atoms with van der Waals surface area (Å²) < 4.78 is 0. The Morgan fingerprint density at radius 3 is 2.07 bits per heavy atom. The first-order valence-electron chi connectivity index (χ1n) is 4.97. The summed E-state index contributed by atoms with van der Waals surface area (Å²) in [6.45, 7) is 5.10. The highest BCUT2D eigenvalue weighted by Gasteiger charge is 2.40. The zero-order valence-electron chi connectivity index (χ0n) is 8.86. The Bertz CT molecular complexity index is 228. The van der Waals surface area contributed by atoms with Crippen molar-refractivity contribution in [3.63, 3.8) is 0 Å². The fourth-order valence-electron chi connectivity index (χ4n) is 1.76. The van der Waals surface area contributed by atoms with Crippen molar-refractivity contribution in [1.82, 2.24) is 4.90 Å². The van der Waals surface area contributed by atoms with Gasteiger partial charge in [0, 0.05) is 13.0 Å². The van der Waals surface area contributed by atoms with Gasteiger partial charge in [-0.15, -0.1) is 0 Å². The molecule has 1 atom stereocenters. The van der Waals surface area contributed by atoms with Gasteiger partial charge in [-0.3, -0.25) is 4.79 Å². The fourth-order valence-corrected chi connectivity index (χ4v) is 1.76. The van der Waals surface area contributed by atoms with E-state index in [-0.39, 0.29) is 17.9 Å². The molecule has 0 aromatic carbocycles. The summed E-state index contributed by atoms with van der Waals surface area (Å²) in [4.78, 5) is 23.9. The molecule has 0 bridgehead atoms. The summed E-state index contributed by atoms with van der Waals surface area (Å²) in [6.07, 6.45) is 1.88. The highest BCUT2D eigenvalue weighted by Crippen LogP contribution is 2.30. The number of hydrogen-bond acceptors (Lipinski definition) is 2. The largest absolute Gasteiger partial charge is 0.480 e. The highest BCUT2D eigenvalue weighted by molar-refractivity contribution is 5.83. The van der Waals surface area contributed by atoms with E-state index >= 15 is 0 Å². The van der Waals surface area contributed by atoms with E-state index in [2.05, 4.69) is 0 Å². The summed E-state index contributed by atoms with van der Waals surface area (Å²) in [5.41, 5.74) is 0. The van der Waals surface area contributed by atoms with Crippen LogP contribution in [0.25, 0.3) is 0 Å². The minimum atomic E-state index is -0.901. The number of amides is 1. The normalized spacial score (nSPS) is 18.0. The van der Waals surface area contributed by atoms with Crippen LogP contribution in [0, 0.1) is 5.92 Å². The van der Waals surface area contributed by atoms with E-state index in [1.54, 1.807) is 0 Å². The lowest BCUT2D eigenvalue weighted by Gasteiger charge is -2.30. The number of carbonyl (C=O) groups excluding carboxylic acids is 1. The Balaban J connectivity index is 2.81. The maximum absolute atomic E-state index is 11.3. The zero-order valence-corrected chi connectivity index (χ0v) is 8.86. The first kappa shape index (κ1) is 11.0. The van der Waals surface area contributed by atoms with E-state index in [1.807, 2.05) is 13.8 Å². The average molecular weight is 199 g/mol. The number of carboxylic acids is 1. The third-order valence-corrected chi connectivity index (χ3v) is 2.49. The van der Waals surface area contributed by atoms with Crippen LogP contribution in [0.4, 0.5) is 0 Å². The third-order valence-electron chi connectivity index (χ3n) is 2.49. The molecule has 1 N–H and O–H groups in total. The van der Waals surface area contributed by atoms with Crippen molar-refractivity contribution in [2.24, 2.45) is 5.92 Å². The molecule has 0 saturated heterocycles. The zero-order chi connectivity index (χ0) is 10.9. The Kier molecular flexibility index (Phi) is 3.13. The Hall–Kier alpha value is -1.06. The van der Waals surface area contributed by atoms with Crippen molar-refractivity contribution in [2.45, 2.75) is 45.7 Å². The van der Waals surface area contributed by atoms with Gasteiger partial charge in [0.05, 0.1) is 0 Å². The molecule has 80 valence electrons. The molecular formula is C10H17NO3. The van der Waals surface area contributed by atoms with Crippen LogP contribution in [0.15, 0.2) is 0 Å². The minimum absolute atomic E-state index is 0.0444. The van der Waals surface area contributed by atoms with Crippen LogP contribution in [0.2, 0.25) is 0 Å². The molecule has 1 unspecified atom stereocenters. The van der Waals surface area contributed by atoms with Gasteiger partial charge >= 0.3 is 5.97 Å². The standard InChI is InChI=1S/C10H17NO3/c1-6(2)9(10(13)14)11(7(3)12)8-4-5-8/h6,8-9H,4-5H2,1-3H3,(H,13,14). The number of carboxylic acid groups (broad SMARTS) is 1. The molecule has 1 rings (SSSR count). The van der Waals surface area contributed by atoms with Crippen LogP contribution in [0.3, 0.4) is 0 Å². The van der Waals surface area contributed by atoms with Crippen molar-refractivity contribution < 1.29 is 14.7 Å². The van der Waals surface area contributed by atoms with Gasteiger partial charge in [-0.25, -0.2) is 4.79 Å². The Morgan fingerprint density at radius 2 is 1.86 bits per heavy atom. The van der Waals surface area contributed by atoms with Gasteiger partial charge in [0.2, 0.25) is 5.91 Å². The number of nitrogens with zero attached hydrogens (tertiary/aromatic N) is 1. The van der Waals surface area contributed by atoms with Crippen LogP contribution in [0.5, 0.6) is 0 Å². The summed E-state index contributed by atoms with van der Waals surface area (Å²) >= 11 is 0. The first-order valence-corrected chi connectivity index (χ1v) is 4.97. The monoisotopic (exact) mass is 199 g/mol. The molecule has 1 amide bonds. The molecule has 1 fully saturated rings. The second kappa shape index (κ2) is 3.98. The van der Waals surface area contributed by atoms with Crippen LogP contribution in [-0.4, -0.2) is 34.0 Å². The maximum Gasteiger partial charge on any atom is 0.326 e. The Labute approximate surface area is 83.9 Å². The van der Waals surface area contributed by atoms with Crippen molar-refractivity contribution in [2.75, 3.05) is 0 Å². The lowest BCUT2D eigenvalue weighted by Crippen LogP contribution is -2.48. The lowest BCUT2D eigenvalue weighted by molar-refractivity contribution is -0.152. The topological polar surface area (TPSA) is 57.6 Å². The number of rotatable bonds is 4. The molecule has 0 aliphatic heterocycles. The predicted octanol–water partition coefficient (Wildman–Crippen LogP) is 1.11. The van der Waals surface area contributed by atoms with E-state index in [1.165, 1.54) is 11.8 Å². The van der Waals surface area contributed by atoms with Crippen molar-refractivity contribution in [3.05, 3.63) is 0 Å². The van der Waals surface area contributed by atoms with E-state index in [9.17, 15) is 9.59 Å². The summed E-state index contributed by atoms with van der Waals surface area (Å²) in [5, 5.41) is 9.05. The predicted molar refractivity (Wildman–Crippen MR) is 51.8 cm³/mol. The molecule has 0 radical (unpaired) electrons. The van der Waals surface area contributed by atoms with Crippen LogP contribution < -0.4 is 0 Å². The first-order chi connectivity index (χ1) is 6.45. The molecule has 4 nitrogen and oxygen atoms in total. The van der Waals surface area contributed by atoms with Gasteiger partial charge in [0.15, 0.2) is 0 Å². The Morgan fingerprint density at radius 1 is 1.36 bits per heavy atom. The molecule has 0 heterocycles. The van der Waals surface area contributed by atoms with Gasteiger partial charge in [-0.2, -0.15) is 0 Å². The van der Waals surface area contributed by atoms with Gasteiger partial charge < -0.3 is 10.0 Å². The molecule has 1 saturated carbocycles. The SMILES string of the molecule is CC(=O)N(C1CC1)C(C(=O)O)C(C)C. The molecule has 4 heteroatoms. The molecule has 0 spiro atoms. The fraction of sp³-hybridized carbons (Fsp3) is 0.800. The van der Waals surface area contributed by atoms with Crippen LogP contribution in [0.1, 0.15) is 33.6 Å². The van der Waals surface area contributed by atoms with Crippen molar-refractivity contribution in [3.8, 4) is 0 Å². The molecule has 1 aliphatic rings.